The Hall–Kier alpha value is -3.02. The number of fused-ring (bicyclic) bond motifs is 1. The summed E-state index contributed by atoms with van der Waals surface area (Å²) in [4.78, 5) is 23.0. The number of unbranched alkanes of at least 4 members (excludes halogenated alkanes) is 1. The minimum atomic E-state index is -0.365. The topological polar surface area (TPSA) is 85.3 Å². The molecule has 0 saturated carbocycles. The lowest BCUT2D eigenvalue weighted by molar-refractivity contribution is -0.118. The highest BCUT2D eigenvalue weighted by Crippen LogP contribution is 2.31. The predicted molar refractivity (Wildman–Crippen MR) is 112 cm³/mol. The SMILES string of the molecule is Bc1cccc(-c2cc(=O)oc3cc(NC)c(CCCCC(N)=O)cc23)c1. The molecule has 1 amide bonds. The molecule has 0 fully saturated rings. The Balaban J connectivity index is 2.07. The van der Waals surface area contributed by atoms with Crippen molar-refractivity contribution in [2.45, 2.75) is 25.7 Å². The standard InChI is InChI=1S/C21H23BN2O3/c1-24-18-12-19-17(10-14(18)5-2-3-8-20(23)25)16(11-21(26)27-19)13-6-4-7-15(22)9-13/h4,6-7,9-12,24H,2-3,5,8,22H2,1H3,(H2,23,25). The summed E-state index contributed by atoms with van der Waals surface area (Å²) in [6, 6.07) is 13.6. The maximum atomic E-state index is 12.1. The number of anilines is 1. The molecule has 5 nitrogen and oxygen atoms in total. The van der Waals surface area contributed by atoms with Crippen LogP contribution in [0, 0.1) is 0 Å². The van der Waals surface area contributed by atoms with Crippen molar-refractivity contribution < 1.29 is 9.21 Å². The van der Waals surface area contributed by atoms with Crippen LogP contribution in [0.25, 0.3) is 22.1 Å². The number of aryl methyl sites for hydroxylation is 1. The number of carbonyl (C=O) groups is 1. The maximum absolute atomic E-state index is 12.1. The number of amides is 1. The molecule has 6 heteroatoms. The van der Waals surface area contributed by atoms with Crippen LogP contribution in [-0.2, 0) is 11.2 Å². The van der Waals surface area contributed by atoms with Gasteiger partial charge in [-0.25, -0.2) is 4.79 Å². The summed E-state index contributed by atoms with van der Waals surface area (Å²) in [5, 5.41) is 4.08. The predicted octanol–water partition coefficient (Wildman–Crippen LogP) is 1.96. The van der Waals surface area contributed by atoms with E-state index in [4.69, 9.17) is 10.2 Å². The van der Waals surface area contributed by atoms with E-state index >= 15 is 0 Å². The number of nitrogens with two attached hydrogens (primary N) is 1. The second kappa shape index (κ2) is 8.12. The largest absolute Gasteiger partial charge is 0.423 e. The molecular formula is C21H23BN2O3. The van der Waals surface area contributed by atoms with Gasteiger partial charge in [-0.05, 0) is 42.0 Å². The van der Waals surface area contributed by atoms with Gasteiger partial charge in [0.25, 0.3) is 0 Å². The molecule has 1 aromatic heterocycles. The van der Waals surface area contributed by atoms with Crippen LogP contribution in [0.2, 0.25) is 0 Å². The summed E-state index contributed by atoms with van der Waals surface area (Å²) < 4.78 is 5.45. The highest BCUT2D eigenvalue weighted by molar-refractivity contribution is 6.32. The highest BCUT2D eigenvalue weighted by atomic mass is 16.4. The number of hydrogen-bond donors (Lipinski definition) is 2. The summed E-state index contributed by atoms with van der Waals surface area (Å²) >= 11 is 0. The van der Waals surface area contributed by atoms with E-state index < -0.39 is 0 Å². The molecule has 27 heavy (non-hydrogen) atoms. The molecule has 3 aromatic rings. The van der Waals surface area contributed by atoms with Gasteiger partial charge in [0.15, 0.2) is 0 Å². The third-order valence-corrected chi connectivity index (χ3v) is 4.69. The molecule has 0 aliphatic carbocycles. The van der Waals surface area contributed by atoms with Gasteiger partial charge in [0.2, 0.25) is 5.91 Å². The number of carbonyl (C=O) groups excluding carboxylic acids is 1. The van der Waals surface area contributed by atoms with Crippen LogP contribution in [0.4, 0.5) is 5.69 Å². The second-order valence-corrected chi connectivity index (χ2v) is 6.78. The van der Waals surface area contributed by atoms with E-state index in [2.05, 4.69) is 17.4 Å². The molecule has 0 radical (unpaired) electrons. The first-order valence-corrected chi connectivity index (χ1v) is 9.12. The molecule has 3 rings (SSSR count). The fraction of sp³-hybridized carbons (Fsp3) is 0.238. The van der Waals surface area contributed by atoms with Crippen molar-refractivity contribution in [1.82, 2.24) is 0 Å². The van der Waals surface area contributed by atoms with Crippen molar-refractivity contribution in [3.05, 3.63) is 58.4 Å². The summed E-state index contributed by atoms with van der Waals surface area (Å²) in [6.07, 6.45) is 2.82. The van der Waals surface area contributed by atoms with Crippen molar-refractivity contribution in [2.75, 3.05) is 12.4 Å². The van der Waals surface area contributed by atoms with Gasteiger partial charge < -0.3 is 15.5 Å². The lowest BCUT2D eigenvalue weighted by Gasteiger charge is -2.13. The van der Waals surface area contributed by atoms with E-state index in [1.165, 1.54) is 0 Å². The molecular weight excluding hydrogens is 339 g/mol. The Morgan fingerprint density at radius 1 is 1.19 bits per heavy atom. The van der Waals surface area contributed by atoms with Crippen LogP contribution in [0.3, 0.4) is 0 Å². The van der Waals surface area contributed by atoms with Crippen LogP contribution in [0.1, 0.15) is 24.8 Å². The highest BCUT2D eigenvalue weighted by Gasteiger charge is 2.12. The molecule has 0 spiro atoms. The Labute approximate surface area is 159 Å². The van der Waals surface area contributed by atoms with Crippen molar-refractivity contribution in [2.24, 2.45) is 5.73 Å². The third-order valence-electron chi connectivity index (χ3n) is 4.69. The average molecular weight is 362 g/mol. The summed E-state index contributed by atoms with van der Waals surface area (Å²) in [7, 11) is 3.87. The van der Waals surface area contributed by atoms with Gasteiger partial charge in [-0.2, -0.15) is 0 Å². The molecule has 0 bridgehead atoms. The first-order chi connectivity index (χ1) is 13.0. The van der Waals surface area contributed by atoms with Gasteiger partial charge in [-0.15, -0.1) is 0 Å². The quantitative estimate of drug-likeness (QED) is 0.382. The lowest BCUT2D eigenvalue weighted by atomic mass is 9.91. The van der Waals surface area contributed by atoms with E-state index in [0.29, 0.717) is 12.0 Å². The van der Waals surface area contributed by atoms with Gasteiger partial charge in [0.05, 0.1) is 0 Å². The molecule has 1 heterocycles. The van der Waals surface area contributed by atoms with Crippen LogP contribution in [0.5, 0.6) is 0 Å². The zero-order chi connectivity index (χ0) is 19.4. The first-order valence-electron chi connectivity index (χ1n) is 9.12. The van der Waals surface area contributed by atoms with E-state index in [-0.39, 0.29) is 11.5 Å². The first kappa shape index (κ1) is 18.8. The second-order valence-electron chi connectivity index (χ2n) is 6.78. The van der Waals surface area contributed by atoms with E-state index in [1.807, 2.05) is 39.2 Å². The minimum Gasteiger partial charge on any atom is -0.423 e. The lowest BCUT2D eigenvalue weighted by Crippen LogP contribution is -2.09. The molecule has 3 N–H and O–H groups in total. The van der Waals surface area contributed by atoms with Crippen molar-refractivity contribution in [1.29, 1.82) is 0 Å². The Bertz CT molecular complexity index is 1040. The molecule has 0 aliphatic heterocycles. The van der Waals surface area contributed by atoms with Crippen LogP contribution < -0.4 is 22.1 Å². The fourth-order valence-corrected chi connectivity index (χ4v) is 3.36. The average Bonchev–Trinajstić information content (AvgIpc) is 2.64. The Morgan fingerprint density at radius 3 is 2.70 bits per heavy atom. The summed E-state index contributed by atoms with van der Waals surface area (Å²) in [5.41, 5.74) is 10.4. The normalized spacial score (nSPS) is 10.9. The van der Waals surface area contributed by atoms with E-state index in [1.54, 1.807) is 6.07 Å². The number of nitrogens with one attached hydrogen (secondary N) is 1. The van der Waals surface area contributed by atoms with Gasteiger partial charge in [-0.1, -0.05) is 29.7 Å². The van der Waals surface area contributed by atoms with Crippen molar-refractivity contribution in [3.8, 4) is 11.1 Å². The Morgan fingerprint density at radius 2 is 2.00 bits per heavy atom. The molecule has 0 aliphatic rings. The molecule has 138 valence electrons. The van der Waals surface area contributed by atoms with Gasteiger partial charge in [0.1, 0.15) is 13.4 Å². The summed E-state index contributed by atoms with van der Waals surface area (Å²) in [6.45, 7) is 0. The number of primary amides is 1. The van der Waals surface area contributed by atoms with E-state index in [0.717, 1.165) is 52.5 Å². The maximum Gasteiger partial charge on any atom is 0.336 e. The fourth-order valence-electron chi connectivity index (χ4n) is 3.36. The summed E-state index contributed by atoms with van der Waals surface area (Å²) in [5.74, 6) is -0.272. The van der Waals surface area contributed by atoms with Gasteiger partial charge in [0, 0.05) is 36.7 Å². The molecule has 0 unspecified atom stereocenters. The van der Waals surface area contributed by atoms with Crippen LogP contribution >= 0.6 is 0 Å². The number of benzene rings is 2. The van der Waals surface area contributed by atoms with Gasteiger partial charge in [-0.3, -0.25) is 4.79 Å². The zero-order valence-corrected chi connectivity index (χ0v) is 15.7. The molecule has 0 saturated heterocycles. The Kier molecular flexibility index (Phi) is 5.64. The van der Waals surface area contributed by atoms with Crippen LogP contribution in [0.15, 0.2) is 51.7 Å². The van der Waals surface area contributed by atoms with Gasteiger partial charge >= 0.3 is 5.63 Å². The minimum absolute atomic E-state index is 0.272. The molecule has 0 atom stereocenters. The smallest absolute Gasteiger partial charge is 0.336 e. The van der Waals surface area contributed by atoms with Crippen molar-refractivity contribution in [3.63, 3.8) is 0 Å². The van der Waals surface area contributed by atoms with E-state index in [9.17, 15) is 9.59 Å². The number of rotatable bonds is 7. The molecule has 2 aromatic carbocycles. The van der Waals surface area contributed by atoms with Crippen molar-refractivity contribution >= 4 is 35.9 Å². The third kappa shape index (κ3) is 4.40. The number of hydrogen-bond acceptors (Lipinski definition) is 4. The van der Waals surface area contributed by atoms with Crippen LogP contribution in [-0.4, -0.2) is 20.8 Å². The zero-order valence-electron chi connectivity index (χ0n) is 15.7. The monoisotopic (exact) mass is 362 g/mol.